The van der Waals surface area contributed by atoms with Crippen LogP contribution in [-0.2, 0) is 14.3 Å². The second-order valence-electron chi connectivity index (χ2n) is 6.93. The summed E-state index contributed by atoms with van der Waals surface area (Å²) in [6.07, 6.45) is 0.229. The summed E-state index contributed by atoms with van der Waals surface area (Å²) in [7, 11) is 0. The number of aliphatic carboxylic acids is 1. The van der Waals surface area contributed by atoms with E-state index in [4.69, 9.17) is 9.84 Å². The quantitative estimate of drug-likeness (QED) is 0.636. The van der Waals surface area contributed by atoms with Gasteiger partial charge in [-0.3, -0.25) is 4.79 Å². The zero-order valence-corrected chi connectivity index (χ0v) is 16.2. The molecule has 2 aromatic rings. The number of hydrogen-bond donors (Lipinski definition) is 3. The van der Waals surface area contributed by atoms with Crippen LogP contribution in [0.5, 0.6) is 0 Å². The van der Waals surface area contributed by atoms with Crippen molar-refractivity contribution in [3.8, 4) is 11.1 Å². The Labute approximate surface area is 169 Å². The number of carboxylic acid groups (broad SMARTS) is 1. The molecular formula is C22H24N2O5. The highest BCUT2D eigenvalue weighted by atomic mass is 16.5. The normalized spacial score (nSPS) is 13.1. The van der Waals surface area contributed by atoms with Crippen LogP contribution in [0.15, 0.2) is 48.5 Å². The fourth-order valence-electron chi connectivity index (χ4n) is 3.59. The van der Waals surface area contributed by atoms with Gasteiger partial charge in [0, 0.05) is 5.92 Å². The molecule has 0 saturated heterocycles. The lowest BCUT2D eigenvalue weighted by Gasteiger charge is -2.15. The molecule has 0 unspecified atom stereocenters. The third kappa shape index (κ3) is 4.74. The van der Waals surface area contributed by atoms with Crippen LogP contribution in [0.2, 0.25) is 0 Å². The maximum absolute atomic E-state index is 12.0. The van der Waals surface area contributed by atoms with Crippen LogP contribution in [0.3, 0.4) is 0 Å². The fourth-order valence-corrected chi connectivity index (χ4v) is 3.59. The zero-order valence-electron chi connectivity index (χ0n) is 16.2. The van der Waals surface area contributed by atoms with Crippen molar-refractivity contribution in [2.75, 3.05) is 13.2 Å². The highest BCUT2D eigenvalue weighted by molar-refractivity contribution is 5.86. The van der Waals surface area contributed by atoms with Gasteiger partial charge in [0.2, 0.25) is 5.91 Å². The lowest BCUT2D eigenvalue weighted by molar-refractivity contribution is -0.141. The van der Waals surface area contributed by atoms with Crippen LogP contribution in [0.25, 0.3) is 11.1 Å². The number of ether oxygens (including phenoxy) is 1. The smallest absolute Gasteiger partial charge is 0.407 e. The Morgan fingerprint density at radius 2 is 1.62 bits per heavy atom. The zero-order chi connectivity index (χ0) is 20.8. The molecule has 7 nitrogen and oxygen atoms in total. The van der Waals surface area contributed by atoms with Gasteiger partial charge in [0.1, 0.15) is 19.2 Å². The number of fused-ring (bicyclic) bond motifs is 3. The molecule has 0 fully saturated rings. The van der Waals surface area contributed by atoms with Gasteiger partial charge in [-0.2, -0.15) is 0 Å². The van der Waals surface area contributed by atoms with E-state index in [0.717, 1.165) is 22.3 Å². The van der Waals surface area contributed by atoms with Crippen molar-refractivity contribution in [3.63, 3.8) is 0 Å². The second kappa shape index (κ2) is 9.23. The van der Waals surface area contributed by atoms with Crippen molar-refractivity contribution in [1.29, 1.82) is 0 Å². The number of carboxylic acids is 1. The number of carbonyl (C=O) groups excluding carboxylic acids is 2. The van der Waals surface area contributed by atoms with Crippen LogP contribution < -0.4 is 10.6 Å². The van der Waals surface area contributed by atoms with Gasteiger partial charge in [-0.15, -0.1) is 0 Å². The molecule has 1 atom stereocenters. The van der Waals surface area contributed by atoms with Gasteiger partial charge in [0.05, 0.1) is 0 Å². The van der Waals surface area contributed by atoms with Crippen molar-refractivity contribution in [2.24, 2.45) is 0 Å². The van der Waals surface area contributed by atoms with Crippen LogP contribution in [0.1, 0.15) is 36.8 Å². The summed E-state index contributed by atoms with van der Waals surface area (Å²) in [4.78, 5) is 35.0. The molecule has 1 aliphatic rings. The average Bonchev–Trinajstić information content (AvgIpc) is 3.04. The predicted molar refractivity (Wildman–Crippen MR) is 108 cm³/mol. The van der Waals surface area contributed by atoms with E-state index in [2.05, 4.69) is 10.6 Å². The summed E-state index contributed by atoms with van der Waals surface area (Å²) in [6, 6.07) is 15.1. The topological polar surface area (TPSA) is 105 Å². The number of hydrogen-bond acceptors (Lipinski definition) is 4. The minimum atomic E-state index is -1.10. The SMILES string of the molecule is CCC[C@H](NC(=O)CNC(=O)OCC1c2ccccc2-c2ccccc21)C(=O)O. The van der Waals surface area contributed by atoms with Crippen molar-refractivity contribution >= 4 is 18.0 Å². The molecule has 152 valence electrons. The molecule has 0 heterocycles. The maximum Gasteiger partial charge on any atom is 0.407 e. The molecule has 0 saturated carbocycles. The molecule has 1 aliphatic carbocycles. The molecule has 3 rings (SSSR count). The molecule has 0 aliphatic heterocycles. The van der Waals surface area contributed by atoms with Crippen LogP contribution in [0.4, 0.5) is 4.79 Å². The van der Waals surface area contributed by atoms with Gasteiger partial charge in [0.15, 0.2) is 0 Å². The van der Waals surface area contributed by atoms with Gasteiger partial charge in [0.25, 0.3) is 0 Å². The fraction of sp³-hybridized carbons (Fsp3) is 0.318. The first-order valence-electron chi connectivity index (χ1n) is 9.62. The summed E-state index contributed by atoms with van der Waals surface area (Å²) in [5.41, 5.74) is 4.46. The van der Waals surface area contributed by atoms with E-state index in [1.807, 2.05) is 55.5 Å². The Morgan fingerprint density at radius 1 is 1.03 bits per heavy atom. The Bertz CT molecular complexity index is 866. The summed E-state index contributed by atoms with van der Waals surface area (Å²) >= 11 is 0. The first-order valence-corrected chi connectivity index (χ1v) is 9.62. The lowest BCUT2D eigenvalue weighted by Crippen LogP contribution is -2.45. The largest absolute Gasteiger partial charge is 0.480 e. The predicted octanol–water partition coefficient (Wildman–Crippen LogP) is 2.89. The number of nitrogens with one attached hydrogen (secondary N) is 2. The Hall–Kier alpha value is -3.35. The van der Waals surface area contributed by atoms with Crippen molar-refractivity contribution < 1.29 is 24.2 Å². The highest BCUT2D eigenvalue weighted by Gasteiger charge is 2.29. The number of amides is 2. The first kappa shape index (κ1) is 20.4. The molecule has 0 spiro atoms. The molecule has 3 N–H and O–H groups in total. The number of carbonyl (C=O) groups is 3. The monoisotopic (exact) mass is 396 g/mol. The first-order chi connectivity index (χ1) is 14.0. The lowest BCUT2D eigenvalue weighted by atomic mass is 9.98. The van der Waals surface area contributed by atoms with Crippen LogP contribution in [-0.4, -0.2) is 42.3 Å². The highest BCUT2D eigenvalue weighted by Crippen LogP contribution is 2.44. The molecule has 2 aromatic carbocycles. The van der Waals surface area contributed by atoms with Gasteiger partial charge in [-0.05, 0) is 28.7 Å². The van der Waals surface area contributed by atoms with Gasteiger partial charge < -0.3 is 20.5 Å². The van der Waals surface area contributed by atoms with E-state index in [1.165, 1.54) is 0 Å². The van der Waals surface area contributed by atoms with E-state index < -0.39 is 24.0 Å². The molecule has 0 aromatic heterocycles. The summed E-state index contributed by atoms with van der Waals surface area (Å²) < 4.78 is 5.34. The maximum atomic E-state index is 12.0. The Kier molecular flexibility index (Phi) is 6.49. The Balaban J connectivity index is 1.54. The number of alkyl carbamates (subject to hydrolysis) is 1. The van der Waals surface area contributed by atoms with Gasteiger partial charge >= 0.3 is 12.1 Å². The van der Waals surface area contributed by atoms with E-state index in [0.29, 0.717) is 12.8 Å². The molecule has 0 radical (unpaired) electrons. The average molecular weight is 396 g/mol. The number of benzene rings is 2. The van der Waals surface area contributed by atoms with Crippen molar-refractivity contribution in [3.05, 3.63) is 59.7 Å². The molecule has 7 heteroatoms. The molecule has 2 amide bonds. The summed E-state index contributed by atoms with van der Waals surface area (Å²) in [5, 5.41) is 13.8. The standard InChI is InChI=1S/C22H24N2O5/c1-2-7-19(21(26)27)24-20(25)12-23-22(28)29-13-18-16-10-5-3-8-14(16)15-9-4-6-11-17(15)18/h3-6,8-11,18-19H,2,7,12-13H2,1H3,(H,23,28)(H,24,25)(H,26,27)/t19-/m0/s1. The summed E-state index contributed by atoms with van der Waals surface area (Å²) in [6.45, 7) is 1.64. The van der Waals surface area contributed by atoms with Crippen molar-refractivity contribution in [2.45, 2.75) is 31.7 Å². The minimum absolute atomic E-state index is 0.0667. The van der Waals surface area contributed by atoms with Crippen LogP contribution >= 0.6 is 0 Å². The van der Waals surface area contributed by atoms with Gasteiger partial charge in [-0.25, -0.2) is 9.59 Å². The molecule has 29 heavy (non-hydrogen) atoms. The third-order valence-corrected chi connectivity index (χ3v) is 4.95. The van der Waals surface area contributed by atoms with E-state index in [1.54, 1.807) is 0 Å². The van der Waals surface area contributed by atoms with E-state index in [9.17, 15) is 14.4 Å². The molecule has 0 bridgehead atoms. The van der Waals surface area contributed by atoms with Crippen molar-refractivity contribution in [1.82, 2.24) is 10.6 Å². The van der Waals surface area contributed by atoms with Crippen LogP contribution in [0, 0.1) is 0 Å². The Morgan fingerprint density at radius 3 is 2.17 bits per heavy atom. The number of rotatable bonds is 8. The second-order valence-corrected chi connectivity index (χ2v) is 6.93. The van der Waals surface area contributed by atoms with Gasteiger partial charge in [-0.1, -0.05) is 61.9 Å². The minimum Gasteiger partial charge on any atom is -0.480 e. The third-order valence-electron chi connectivity index (χ3n) is 4.95. The van der Waals surface area contributed by atoms with E-state index >= 15 is 0 Å². The molecular weight excluding hydrogens is 372 g/mol. The van der Waals surface area contributed by atoms with E-state index in [-0.39, 0.29) is 19.1 Å². The summed E-state index contributed by atoms with van der Waals surface area (Å²) in [5.74, 6) is -1.73.